The number of hydrogen-bond acceptors (Lipinski definition) is 5. The molecule has 0 unspecified atom stereocenters. The van der Waals surface area contributed by atoms with E-state index in [0.717, 1.165) is 27.1 Å². The first kappa shape index (κ1) is 26.7. The predicted molar refractivity (Wildman–Crippen MR) is 152 cm³/mol. The lowest BCUT2D eigenvalue weighted by Crippen LogP contribution is -2.37. The average molecular weight is 527 g/mol. The number of carbonyl (C=O) groups excluding carboxylic acids is 2. The minimum atomic E-state index is -0.438. The van der Waals surface area contributed by atoms with Gasteiger partial charge in [-0.3, -0.25) is 9.59 Å². The maximum atomic E-state index is 13.8. The fraction of sp³-hybridized carbons (Fsp3) is 0.161. The highest BCUT2D eigenvalue weighted by atomic mass is 32.1. The molecule has 1 heterocycles. The van der Waals surface area contributed by atoms with E-state index in [1.54, 1.807) is 24.3 Å². The molecule has 7 heteroatoms. The Balaban J connectivity index is 1.68. The quantitative estimate of drug-likeness (QED) is 0.260. The first-order valence-electron chi connectivity index (χ1n) is 12.1. The second-order valence-electron chi connectivity index (χ2n) is 8.77. The highest BCUT2D eigenvalue weighted by Gasteiger charge is 2.23. The van der Waals surface area contributed by atoms with Crippen LogP contribution in [0, 0.1) is 13.8 Å². The van der Waals surface area contributed by atoms with Gasteiger partial charge in [0.1, 0.15) is 5.70 Å². The number of hydrogen-bond donors (Lipinski definition) is 2. The van der Waals surface area contributed by atoms with Gasteiger partial charge < -0.3 is 20.1 Å². The van der Waals surface area contributed by atoms with Crippen LogP contribution in [0.25, 0.3) is 6.08 Å². The molecule has 0 spiro atoms. The monoisotopic (exact) mass is 526 g/mol. The number of benzene rings is 3. The summed E-state index contributed by atoms with van der Waals surface area (Å²) in [6, 6.07) is 24.2. The van der Waals surface area contributed by atoms with Crippen LogP contribution in [0.4, 0.5) is 0 Å². The molecule has 6 nitrogen and oxygen atoms in total. The molecule has 0 saturated heterocycles. The molecule has 4 rings (SSSR count). The maximum Gasteiger partial charge on any atom is 0.268 e. The first-order valence-corrected chi connectivity index (χ1v) is 13.0. The summed E-state index contributed by atoms with van der Waals surface area (Å²) >= 11 is 1.47. The summed E-state index contributed by atoms with van der Waals surface area (Å²) in [5, 5.41) is 7.89. The first-order chi connectivity index (χ1) is 18.4. The highest BCUT2D eigenvalue weighted by Crippen LogP contribution is 2.28. The number of amides is 2. The Bertz CT molecular complexity index is 1450. The molecule has 4 aromatic rings. The van der Waals surface area contributed by atoms with Crippen molar-refractivity contribution in [2.75, 3.05) is 14.2 Å². The second-order valence-corrected chi connectivity index (χ2v) is 9.75. The molecular formula is C31H30N2O4S. The summed E-state index contributed by atoms with van der Waals surface area (Å²) < 4.78 is 10.6. The lowest BCUT2D eigenvalue weighted by Gasteiger charge is -2.23. The average Bonchev–Trinajstić information content (AvgIpc) is 3.45. The van der Waals surface area contributed by atoms with Crippen LogP contribution in [-0.4, -0.2) is 26.0 Å². The molecule has 1 atom stereocenters. The van der Waals surface area contributed by atoms with Crippen molar-refractivity contribution < 1.29 is 19.1 Å². The van der Waals surface area contributed by atoms with Gasteiger partial charge in [0, 0.05) is 10.4 Å². The van der Waals surface area contributed by atoms with Crippen LogP contribution in [0.5, 0.6) is 11.5 Å². The highest BCUT2D eigenvalue weighted by molar-refractivity contribution is 7.10. The minimum absolute atomic E-state index is 0.137. The number of ether oxygens (including phenoxy) is 2. The molecule has 0 saturated carbocycles. The summed E-state index contributed by atoms with van der Waals surface area (Å²) in [7, 11) is 3.04. The Morgan fingerprint density at radius 1 is 0.868 bits per heavy atom. The topological polar surface area (TPSA) is 76.7 Å². The van der Waals surface area contributed by atoms with Gasteiger partial charge in [-0.05, 0) is 66.3 Å². The molecule has 0 bridgehead atoms. The number of rotatable bonds is 9. The van der Waals surface area contributed by atoms with Crippen LogP contribution in [0.3, 0.4) is 0 Å². The number of nitrogens with one attached hydrogen (secondary N) is 2. The van der Waals surface area contributed by atoms with Gasteiger partial charge in [0.25, 0.3) is 11.8 Å². The molecule has 3 aromatic carbocycles. The predicted octanol–water partition coefficient (Wildman–Crippen LogP) is 6.06. The van der Waals surface area contributed by atoms with Crippen LogP contribution >= 0.6 is 11.3 Å². The normalized spacial score (nSPS) is 11.9. The van der Waals surface area contributed by atoms with Gasteiger partial charge in [-0.2, -0.15) is 0 Å². The minimum Gasteiger partial charge on any atom is -0.493 e. The van der Waals surface area contributed by atoms with Crippen molar-refractivity contribution in [2.45, 2.75) is 19.9 Å². The van der Waals surface area contributed by atoms with E-state index in [9.17, 15) is 9.59 Å². The summed E-state index contributed by atoms with van der Waals surface area (Å²) in [6.07, 6.45) is 1.68. The summed E-state index contributed by atoms with van der Waals surface area (Å²) in [6.45, 7) is 4.07. The lowest BCUT2D eigenvalue weighted by atomic mass is 9.93. The van der Waals surface area contributed by atoms with Gasteiger partial charge in [0.05, 0.1) is 20.3 Å². The van der Waals surface area contributed by atoms with Crippen LogP contribution in [0.2, 0.25) is 0 Å². The molecule has 38 heavy (non-hydrogen) atoms. The Hall–Kier alpha value is -4.36. The smallest absolute Gasteiger partial charge is 0.268 e. The van der Waals surface area contributed by atoms with E-state index in [2.05, 4.69) is 16.7 Å². The third kappa shape index (κ3) is 6.30. The lowest BCUT2D eigenvalue weighted by molar-refractivity contribution is -0.118. The van der Waals surface area contributed by atoms with Gasteiger partial charge in [-0.1, -0.05) is 60.2 Å². The molecule has 0 aliphatic rings. The number of methoxy groups -OCH3 is 2. The van der Waals surface area contributed by atoms with E-state index in [4.69, 9.17) is 9.47 Å². The van der Waals surface area contributed by atoms with Crippen molar-refractivity contribution in [1.82, 2.24) is 10.6 Å². The van der Waals surface area contributed by atoms with Crippen molar-refractivity contribution in [3.63, 3.8) is 0 Å². The van der Waals surface area contributed by atoms with Crippen LogP contribution < -0.4 is 20.1 Å². The Labute approximate surface area is 226 Å². The number of carbonyl (C=O) groups is 2. The molecule has 2 N–H and O–H groups in total. The fourth-order valence-electron chi connectivity index (χ4n) is 4.19. The molecular weight excluding hydrogens is 496 g/mol. The van der Waals surface area contributed by atoms with Gasteiger partial charge in [-0.25, -0.2) is 0 Å². The molecule has 0 fully saturated rings. The Morgan fingerprint density at radius 3 is 2.29 bits per heavy atom. The van der Waals surface area contributed by atoms with Gasteiger partial charge in [0.15, 0.2) is 11.5 Å². The Morgan fingerprint density at radius 2 is 1.63 bits per heavy atom. The van der Waals surface area contributed by atoms with Crippen molar-refractivity contribution in [2.24, 2.45) is 0 Å². The van der Waals surface area contributed by atoms with Gasteiger partial charge in [-0.15, -0.1) is 11.3 Å². The van der Waals surface area contributed by atoms with E-state index in [0.29, 0.717) is 17.1 Å². The molecule has 0 radical (unpaired) electrons. The zero-order valence-corrected chi connectivity index (χ0v) is 22.6. The zero-order chi connectivity index (χ0) is 27.1. The third-order valence-electron chi connectivity index (χ3n) is 6.11. The molecule has 0 aliphatic carbocycles. The van der Waals surface area contributed by atoms with Gasteiger partial charge in [0.2, 0.25) is 0 Å². The van der Waals surface area contributed by atoms with Crippen LogP contribution in [0.15, 0.2) is 89.9 Å². The maximum absolute atomic E-state index is 13.8. The van der Waals surface area contributed by atoms with E-state index >= 15 is 0 Å². The molecule has 194 valence electrons. The summed E-state index contributed by atoms with van der Waals surface area (Å²) in [5.41, 5.74) is 4.60. The largest absolute Gasteiger partial charge is 0.493 e. The number of aryl methyl sites for hydroxylation is 2. The Kier molecular flexibility index (Phi) is 8.61. The molecule has 1 aromatic heterocycles. The van der Waals surface area contributed by atoms with Crippen molar-refractivity contribution in [3.8, 4) is 11.5 Å². The van der Waals surface area contributed by atoms with E-state index in [1.807, 2.05) is 73.8 Å². The standard InChI is InChI=1S/C31H30N2O4S/c1-20-12-14-25(21(2)17-20)29(22-9-6-5-7-10-22)33-31(35)26(19-24-11-8-16-38-24)32-30(34)23-13-15-27(36-3)28(18-23)37-4/h5-19,29H,1-4H3,(H,32,34)(H,33,35)/b26-19-/t29-/m1/s1. The molecule has 0 aliphatic heterocycles. The summed E-state index contributed by atoms with van der Waals surface area (Å²) in [5.74, 6) is 0.0930. The van der Waals surface area contributed by atoms with Crippen LogP contribution in [0.1, 0.15) is 43.5 Å². The number of thiophene rings is 1. The van der Waals surface area contributed by atoms with Crippen molar-refractivity contribution >= 4 is 29.2 Å². The summed E-state index contributed by atoms with van der Waals surface area (Å²) in [4.78, 5) is 27.8. The molecule has 2 amide bonds. The fourth-order valence-corrected chi connectivity index (χ4v) is 4.85. The second kappa shape index (κ2) is 12.3. The van der Waals surface area contributed by atoms with Crippen LogP contribution in [-0.2, 0) is 4.79 Å². The van der Waals surface area contributed by atoms with E-state index in [1.165, 1.54) is 25.6 Å². The third-order valence-corrected chi connectivity index (χ3v) is 6.93. The van der Waals surface area contributed by atoms with Crippen molar-refractivity contribution in [3.05, 3.63) is 123 Å². The van der Waals surface area contributed by atoms with E-state index < -0.39 is 17.9 Å². The van der Waals surface area contributed by atoms with Gasteiger partial charge >= 0.3 is 0 Å². The van der Waals surface area contributed by atoms with E-state index in [-0.39, 0.29) is 5.70 Å². The SMILES string of the molecule is COc1ccc(C(=O)N/C(=C\c2cccs2)C(=O)N[C@H](c2ccccc2)c2ccc(C)cc2C)cc1OC. The van der Waals surface area contributed by atoms with Crippen molar-refractivity contribution in [1.29, 1.82) is 0 Å². The zero-order valence-electron chi connectivity index (χ0n) is 21.8.